The van der Waals surface area contributed by atoms with Crippen LogP contribution in [0, 0.1) is 11.3 Å². The minimum atomic E-state index is -0.382. The minimum absolute atomic E-state index is 0.0125. The summed E-state index contributed by atoms with van der Waals surface area (Å²) in [6, 6.07) is 11.6. The Bertz CT molecular complexity index is 1510. The van der Waals surface area contributed by atoms with Crippen molar-refractivity contribution >= 4 is 47.0 Å². The van der Waals surface area contributed by atoms with Gasteiger partial charge >= 0.3 is 6.03 Å². The average molecular weight is 621 g/mol. The third-order valence-electron chi connectivity index (χ3n) is 8.50. The van der Waals surface area contributed by atoms with E-state index in [0.29, 0.717) is 41.6 Å². The van der Waals surface area contributed by atoms with E-state index >= 15 is 0 Å². The fourth-order valence-electron chi connectivity index (χ4n) is 5.95. The Balaban J connectivity index is 1.32. The molecule has 5 amide bonds. The Kier molecular flexibility index (Phi) is 9.28. The number of H-pyrrole nitrogens is 1. The van der Waals surface area contributed by atoms with Crippen molar-refractivity contribution < 1.29 is 19.2 Å². The smallest absolute Gasteiger partial charge is 0.317 e. The van der Waals surface area contributed by atoms with Crippen LogP contribution in [-0.2, 0) is 6.54 Å². The summed E-state index contributed by atoms with van der Waals surface area (Å²) in [5, 5.41) is 18.7. The molecule has 5 rings (SSSR count). The van der Waals surface area contributed by atoms with Crippen LogP contribution in [-0.4, -0.2) is 72.6 Å². The van der Waals surface area contributed by atoms with Gasteiger partial charge in [-0.1, -0.05) is 38.0 Å². The van der Waals surface area contributed by atoms with Gasteiger partial charge in [-0.2, -0.15) is 5.21 Å². The van der Waals surface area contributed by atoms with Crippen molar-refractivity contribution in [2.75, 3.05) is 23.1 Å². The maximum atomic E-state index is 13.9. The molecule has 0 saturated heterocycles. The molecule has 12 nitrogen and oxygen atoms in total. The molecule has 3 N–H and O–H groups in total. The van der Waals surface area contributed by atoms with E-state index in [0.717, 1.165) is 31.2 Å². The number of nitrogens with zero attached hydrogens (tertiary/aromatic N) is 5. The highest BCUT2D eigenvalue weighted by Crippen LogP contribution is 2.39. The maximum Gasteiger partial charge on any atom is 0.322 e. The number of alkyl halides is 1. The largest absolute Gasteiger partial charge is 0.322 e. The normalized spacial score (nSPS) is 18.2. The van der Waals surface area contributed by atoms with Crippen LogP contribution in [0.2, 0.25) is 0 Å². The quantitative estimate of drug-likeness (QED) is 0.216. The van der Waals surface area contributed by atoms with Crippen molar-refractivity contribution in [3.05, 3.63) is 64.7 Å². The van der Waals surface area contributed by atoms with Crippen LogP contribution < -0.4 is 10.6 Å². The second kappa shape index (κ2) is 13.1. The lowest BCUT2D eigenvalue weighted by atomic mass is 9.71. The van der Waals surface area contributed by atoms with E-state index in [4.69, 9.17) is 11.6 Å². The first-order valence-electron chi connectivity index (χ1n) is 14.8. The summed E-state index contributed by atoms with van der Waals surface area (Å²) in [6.07, 6.45) is 4.27. The summed E-state index contributed by atoms with van der Waals surface area (Å²) in [7, 11) is 0. The molecule has 232 valence electrons. The molecule has 2 aromatic carbocycles. The standard InChI is InChI=1S/C31H37ClN8O4/c1-31(2,3)21-9-12-23(13-10-21)40(18-19-5-7-20(8-6-19)26(41)34-29-35-37-38-36-29)30(44)33-22-11-14-24-25(17-22)28(43)39(27(24)42)16-4-15-32/h5-8,11,14,17,21,23H,4,9-10,12-13,15-16,18H2,1-3H3,(H,33,44)(H2,34,35,36,37,38,41). The molecule has 3 aromatic rings. The zero-order chi connectivity index (χ0) is 31.4. The van der Waals surface area contributed by atoms with Gasteiger partial charge in [-0.25, -0.2) is 4.79 Å². The number of hydrogen-bond acceptors (Lipinski definition) is 7. The Labute approximate surface area is 260 Å². The number of halogens is 1. The topological polar surface area (TPSA) is 153 Å². The van der Waals surface area contributed by atoms with E-state index in [2.05, 4.69) is 52.0 Å². The molecular formula is C31H37ClN8O4. The predicted molar refractivity (Wildman–Crippen MR) is 165 cm³/mol. The number of carbonyl (C=O) groups is 4. The average Bonchev–Trinajstić information content (AvgIpc) is 3.60. The van der Waals surface area contributed by atoms with Crippen LogP contribution in [0.1, 0.15) is 89.5 Å². The predicted octanol–water partition coefficient (Wildman–Crippen LogP) is 5.32. The molecule has 0 bridgehead atoms. The fourth-order valence-corrected chi connectivity index (χ4v) is 6.07. The number of hydrogen-bond donors (Lipinski definition) is 3. The van der Waals surface area contributed by atoms with Crippen LogP contribution in [0.15, 0.2) is 42.5 Å². The van der Waals surface area contributed by atoms with Gasteiger partial charge in [0.2, 0.25) is 0 Å². The van der Waals surface area contributed by atoms with Crippen molar-refractivity contribution in [2.24, 2.45) is 11.3 Å². The highest BCUT2D eigenvalue weighted by molar-refractivity contribution is 6.22. The summed E-state index contributed by atoms with van der Waals surface area (Å²) in [5.41, 5.74) is 2.51. The number of aromatic nitrogens is 4. The van der Waals surface area contributed by atoms with Crippen molar-refractivity contribution in [3.63, 3.8) is 0 Å². The third kappa shape index (κ3) is 6.91. The minimum Gasteiger partial charge on any atom is -0.317 e. The van der Waals surface area contributed by atoms with Crippen LogP contribution in [0.5, 0.6) is 0 Å². The Morgan fingerprint density at radius 3 is 2.34 bits per heavy atom. The van der Waals surface area contributed by atoms with Gasteiger partial charge in [-0.15, -0.1) is 16.7 Å². The highest BCUT2D eigenvalue weighted by Gasteiger charge is 2.36. The lowest BCUT2D eigenvalue weighted by molar-refractivity contribution is 0.0654. The Morgan fingerprint density at radius 2 is 1.70 bits per heavy atom. The number of amides is 5. The lowest BCUT2D eigenvalue weighted by Crippen LogP contribution is -2.45. The number of rotatable bonds is 9. The van der Waals surface area contributed by atoms with E-state index in [-0.39, 0.29) is 53.3 Å². The number of aromatic amines is 1. The number of anilines is 2. The monoisotopic (exact) mass is 620 g/mol. The van der Waals surface area contributed by atoms with E-state index in [9.17, 15) is 19.2 Å². The van der Waals surface area contributed by atoms with Crippen molar-refractivity contribution in [1.29, 1.82) is 0 Å². The van der Waals surface area contributed by atoms with E-state index in [1.807, 2.05) is 17.0 Å². The molecule has 13 heteroatoms. The number of carbonyl (C=O) groups excluding carboxylic acids is 4. The van der Waals surface area contributed by atoms with Crippen molar-refractivity contribution in [3.8, 4) is 0 Å². The van der Waals surface area contributed by atoms with Crippen LogP contribution in [0.4, 0.5) is 16.4 Å². The van der Waals surface area contributed by atoms with Gasteiger partial charge < -0.3 is 10.2 Å². The van der Waals surface area contributed by atoms with E-state index in [1.54, 1.807) is 30.3 Å². The number of imide groups is 1. The van der Waals surface area contributed by atoms with Crippen molar-refractivity contribution in [1.82, 2.24) is 30.4 Å². The molecule has 1 fully saturated rings. The summed E-state index contributed by atoms with van der Waals surface area (Å²) in [5.74, 6) is -0.111. The van der Waals surface area contributed by atoms with Gasteiger partial charge in [-0.05, 0) is 84.5 Å². The molecule has 2 aliphatic rings. The second-order valence-corrected chi connectivity index (χ2v) is 12.8. The van der Waals surface area contributed by atoms with Gasteiger partial charge in [0.1, 0.15) is 0 Å². The molecule has 1 aliphatic heterocycles. The molecule has 0 radical (unpaired) electrons. The molecule has 1 aromatic heterocycles. The fraction of sp³-hybridized carbons (Fsp3) is 0.452. The van der Waals surface area contributed by atoms with E-state index < -0.39 is 0 Å². The number of tetrazole rings is 1. The third-order valence-corrected chi connectivity index (χ3v) is 8.77. The first-order valence-corrected chi connectivity index (χ1v) is 15.4. The first kappa shape index (κ1) is 31.1. The molecule has 0 atom stereocenters. The molecule has 1 saturated carbocycles. The zero-order valence-electron chi connectivity index (χ0n) is 25.1. The SMILES string of the molecule is CC(C)(C)C1CCC(N(Cc2ccc(C(=O)Nc3nn[nH]n3)cc2)C(=O)Nc2ccc3c(c2)C(=O)N(CCCCl)C3=O)CC1. The first-order chi connectivity index (χ1) is 21.0. The summed E-state index contributed by atoms with van der Waals surface area (Å²) in [6.45, 7) is 7.36. The van der Waals surface area contributed by atoms with Gasteiger partial charge in [0, 0.05) is 36.3 Å². The molecule has 0 spiro atoms. The van der Waals surface area contributed by atoms with Gasteiger partial charge in [0.25, 0.3) is 23.7 Å². The lowest BCUT2D eigenvalue weighted by Gasteiger charge is -2.41. The zero-order valence-corrected chi connectivity index (χ0v) is 25.9. The van der Waals surface area contributed by atoms with Crippen LogP contribution in [0.3, 0.4) is 0 Å². The number of fused-ring (bicyclic) bond motifs is 1. The molecule has 2 heterocycles. The number of nitrogens with one attached hydrogen (secondary N) is 3. The van der Waals surface area contributed by atoms with Gasteiger partial charge in [-0.3, -0.25) is 24.6 Å². The second-order valence-electron chi connectivity index (χ2n) is 12.4. The molecular weight excluding hydrogens is 584 g/mol. The number of urea groups is 1. The summed E-state index contributed by atoms with van der Waals surface area (Å²) in [4.78, 5) is 55.1. The van der Waals surface area contributed by atoms with E-state index in [1.165, 1.54) is 4.90 Å². The van der Waals surface area contributed by atoms with Gasteiger partial charge in [0.05, 0.1) is 11.1 Å². The molecule has 0 unspecified atom stereocenters. The Morgan fingerprint density at radius 1 is 1.00 bits per heavy atom. The molecule has 44 heavy (non-hydrogen) atoms. The van der Waals surface area contributed by atoms with Crippen molar-refractivity contribution in [2.45, 2.75) is 65.5 Å². The van der Waals surface area contributed by atoms with Crippen LogP contribution in [0.25, 0.3) is 0 Å². The number of benzene rings is 2. The van der Waals surface area contributed by atoms with Crippen LogP contribution >= 0.6 is 11.6 Å². The highest BCUT2D eigenvalue weighted by atomic mass is 35.5. The summed E-state index contributed by atoms with van der Waals surface area (Å²) < 4.78 is 0. The summed E-state index contributed by atoms with van der Waals surface area (Å²) >= 11 is 5.77. The Hall–Kier alpha value is -4.32. The van der Waals surface area contributed by atoms with Gasteiger partial charge in [0.15, 0.2) is 0 Å². The molecule has 1 aliphatic carbocycles. The maximum absolute atomic E-state index is 13.9.